The monoisotopic (exact) mass is 261 g/mol. The minimum atomic E-state index is -1.20. The van der Waals surface area contributed by atoms with Gasteiger partial charge in [-0.05, 0) is 20.3 Å². The number of likely N-dealkylation sites (tertiary alicyclic amines) is 1. The molecule has 2 unspecified atom stereocenters. The van der Waals surface area contributed by atoms with Crippen LogP contribution in [0.15, 0.2) is 0 Å². The van der Waals surface area contributed by atoms with E-state index in [9.17, 15) is 14.0 Å². The SMILES string of the molecule is CCOC(=O)CC1CCN(C(=O)OCC)CC1F. The largest absolute Gasteiger partial charge is 0.466 e. The van der Waals surface area contributed by atoms with Crippen LogP contribution in [0.3, 0.4) is 0 Å². The van der Waals surface area contributed by atoms with Gasteiger partial charge >= 0.3 is 12.1 Å². The van der Waals surface area contributed by atoms with E-state index in [0.717, 1.165) is 0 Å². The molecule has 0 aliphatic carbocycles. The highest BCUT2D eigenvalue weighted by Gasteiger charge is 2.33. The van der Waals surface area contributed by atoms with Gasteiger partial charge in [-0.25, -0.2) is 9.18 Å². The van der Waals surface area contributed by atoms with Crippen molar-refractivity contribution in [3.63, 3.8) is 0 Å². The molecule has 5 nitrogen and oxygen atoms in total. The number of ether oxygens (including phenoxy) is 2. The van der Waals surface area contributed by atoms with Gasteiger partial charge in [0.15, 0.2) is 0 Å². The van der Waals surface area contributed by atoms with Crippen molar-refractivity contribution in [2.45, 2.75) is 32.9 Å². The van der Waals surface area contributed by atoms with Gasteiger partial charge in [0.1, 0.15) is 6.17 Å². The van der Waals surface area contributed by atoms with Crippen molar-refractivity contribution >= 4 is 12.1 Å². The lowest BCUT2D eigenvalue weighted by Crippen LogP contribution is -2.45. The molecule has 0 aromatic rings. The summed E-state index contributed by atoms with van der Waals surface area (Å²) in [5, 5.41) is 0. The Kier molecular flexibility index (Phi) is 5.88. The van der Waals surface area contributed by atoms with E-state index in [0.29, 0.717) is 19.6 Å². The average Bonchev–Trinajstić information content (AvgIpc) is 2.32. The van der Waals surface area contributed by atoms with Crippen LogP contribution in [-0.2, 0) is 14.3 Å². The number of esters is 1. The van der Waals surface area contributed by atoms with Gasteiger partial charge in [0, 0.05) is 12.5 Å². The lowest BCUT2D eigenvalue weighted by molar-refractivity contribution is -0.145. The maximum absolute atomic E-state index is 13.8. The molecule has 0 aromatic carbocycles. The zero-order valence-corrected chi connectivity index (χ0v) is 10.9. The minimum absolute atomic E-state index is 0.0110. The Hall–Kier alpha value is -1.33. The summed E-state index contributed by atoms with van der Waals surface area (Å²) in [7, 11) is 0. The Morgan fingerprint density at radius 1 is 1.28 bits per heavy atom. The van der Waals surface area contributed by atoms with Crippen LogP contribution >= 0.6 is 0 Å². The normalized spacial score (nSPS) is 23.6. The fourth-order valence-electron chi connectivity index (χ4n) is 2.00. The third-order valence-corrected chi connectivity index (χ3v) is 2.94. The van der Waals surface area contributed by atoms with Gasteiger partial charge in [0.2, 0.25) is 0 Å². The molecule has 104 valence electrons. The second kappa shape index (κ2) is 7.18. The van der Waals surface area contributed by atoms with Crippen LogP contribution in [0, 0.1) is 5.92 Å². The van der Waals surface area contributed by atoms with E-state index < -0.39 is 12.3 Å². The maximum atomic E-state index is 13.8. The van der Waals surface area contributed by atoms with Crippen LogP contribution in [0.1, 0.15) is 26.7 Å². The number of piperidine rings is 1. The smallest absolute Gasteiger partial charge is 0.409 e. The lowest BCUT2D eigenvalue weighted by Gasteiger charge is -2.33. The highest BCUT2D eigenvalue weighted by Crippen LogP contribution is 2.24. The average molecular weight is 261 g/mol. The van der Waals surface area contributed by atoms with E-state index in [1.807, 2.05) is 0 Å². The van der Waals surface area contributed by atoms with Crippen molar-refractivity contribution in [3.8, 4) is 0 Å². The number of nitrogens with zero attached hydrogens (tertiary/aromatic N) is 1. The number of halogens is 1. The van der Waals surface area contributed by atoms with E-state index in [1.54, 1.807) is 13.8 Å². The van der Waals surface area contributed by atoms with Gasteiger partial charge in [-0.2, -0.15) is 0 Å². The number of carbonyl (C=O) groups excluding carboxylic acids is 2. The van der Waals surface area contributed by atoms with Gasteiger partial charge in [-0.3, -0.25) is 4.79 Å². The van der Waals surface area contributed by atoms with Crippen molar-refractivity contribution in [2.24, 2.45) is 5.92 Å². The topological polar surface area (TPSA) is 55.8 Å². The molecule has 1 rings (SSSR count). The summed E-state index contributed by atoms with van der Waals surface area (Å²) in [6.07, 6.45) is -1.16. The van der Waals surface area contributed by atoms with Crippen LogP contribution in [0.2, 0.25) is 0 Å². The Labute approximate surface area is 106 Å². The summed E-state index contributed by atoms with van der Waals surface area (Å²) < 4.78 is 23.5. The summed E-state index contributed by atoms with van der Waals surface area (Å²) in [4.78, 5) is 24.0. The third-order valence-electron chi connectivity index (χ3n) is 2.94. The molecule has 1 fully saturated rings. The van der Waals surface area contributed by atoms with E-state index >= 15 is 0 Å². The van der Waals surface area contributed by atoms with Gasteiger partial charge < -0.3 is 14.4 Å². The van der Waals surface area contributed by atoms with E-state index in [1.165, 1.54) is 4.90 Å². The molecule has 0 spiro atoms. The molecule has 1 aliphatic rings. The molecule has 0 radical (unpaired) electrons. The number of hydrogen-bond acceptors (Lipinski definition) is 4. The molecular formula is C12H20FNO4. The zero-order valence-electron chi connectivity index (χ0n) is 10.9. The number of alkyl halides is 1. The van der Waals surface area contributed by atoms with Crippen molar-refractivity contribution < 1.29 is 23.5 Å². The lowest BCUT2D eigenvalue weighted by atomic mass is 9.92. The number of rotatable bonds is 4. The molecule has 1 amide bonds. The molecule has 1 saturated heterocycles. The summed E-state index contributed by atoms with van der Waals surface area (Å²) in [5.41, 5.74) is 0. The third kappa shape index (κ3) is 4.16. The molecule has 2 atom stereocenters. The molecule has 0 N–H and O–H groups in total. The quantitative estimate of drug-likeness (QED) is 0.723. The number of carbonyl (C=O) groups is 2. The predicted octanol–water partition coefficient (Wildman–Crippen LogP) is 1.76. The van der Waals surface area contributed by atoms with Gasteiger partial charge in [-0.1, -0.05) is 0 Å². The van der Waals surface area contributed by atoms with E-state index in [-0.39, 0.29) is 31.5 Å². The number of amides is 1. The number of hydrogen-bond donors (Lipinski definition) is 0. The van der Waals surface area contributed by atoms with Crippen LogP contribution in [0.5, 0.6) is 0 Å². The molecule has 6 heteroatoms. The van der Waals surface area contributed by atoms with Crippen molar-refractivity contribution in [3.05, 3.63) is 0 Å². The van der Waals surface area contributed by atoms with Gasteiger partial charge in [0.25, 0.3) is 0 Å². The van der Waals surface area contributed by atoms with Crippen LogP contribution in [-0.4, -0.2) is 49.4 Å². The first-order chi connectivity index (χ1) is 8.58. The molecule has 0 saturated carbocycles. The maximum Gasteiger partial charge on any atom is 0.409 e. The van der Waals surface area contributed by atoms with Crippen LogP contribution < -0.4 is 0 Å². The first-order valence-corrected chi connectivity index (χ1v) is 6.29. The first kappa shape index (κ1) is 14.7. The molecule has 18 heavy (non-hydrogen) atoms. The molecule has 1 aliphatic heterocycles. The molecular weight excluding hydrogens is 241 g/mol. The zero-order chi connectivity index (χ0) is 13.5. The predicted molar refractivity (Wildman–Crippen MR) is 62.8 cm³/mol. The van der Waals surface area contributed by atoms with Crippen molar-refractivity contribution in [1.29, 1.82) is 0 Å². The molecule has 0 bridgehead atoms. The Bertz CT molecular complexity index is 298. The Morgan fingerprint density at radius 2 is 1.94 bits per heavy atom. The Morgan fingerprint density at radius 3 is 2.50 bits per heavy atom. The second-order valence-corrected chi connectivity index (χ2v) is 4.22. The minimum Gasteiger partial charge on any atom is -0.466 e. The Balaban J connectivity index is 2.41. The van der Waals surface area contributed by atoms with Crippen LogP contribution in [0.25, 0.3) is 0 Å². The van der Waals surface area contributed by atoms with E-state index in [2.05, 4.69) is 0 Å². The second-order valence-electron chi connectivity index (χ2n) is 4.22. The van der Waals surface area contributed by atoms with Crippen molar-refractivity contribution in [1.82, 2.24) is 4.90 Å². The first-order valence-electron chi connectivity index (χ1n) is 6.29. The van der Waals surface area contributed by atoms with Crippen LogP contribution in [0.4, 0.5) is 9.18 Å². The standard InChI is InChI=1S/C12H20FNO4/c1-3-17-11(15)7-9-5-6-14(8-10(9)13)12(16)18-4-2/h9-10H,3-8H2,1-2H3. The highest BCUT2D eigenvalue weighted by atomic mass is 19.1. The molecule has 0 aromatic heterocycles. The summed E-state index contributed by atoms with van der Waals surface area (Å²) in [5.74, 6) is -0.746. The summed E-state index contributed by atoms with van der Waals surface area (Å²) in [6.45, 7) is 4.41. The summed E-state index contributed by atoms with van der Waals surface area (Å²) in [6, 6.07) is 0. The molecule has 1 heterocycles. The van der Waals surface area contributed by atoms with Gasteiger partial charge in [0.05, 0.1) is 26.2 Å². The van der Waals surface area contributed by atoms with Gasteiger partial charge in [-0.15, -0.1) is 0 Å². The highest BCUT2D eigenvalue weighted by molar-refractivity contribution is 5.70. The fraction of sp³-hybridized carbons (Fsp3) is 0.833. The fourth-order valence-corrected chi connectivity index (χ4v) is 2.00. The summed E-state index contributed by atoms with van der Waals surface area (Å²) >= 11 is 0. The van der Waals surface area contributed by atoms with Crippen molar-refractivity contribution in [2.75, 3.05) is 26.3 Å². The van der Waals surface area contributed by atoms with E-state index in [4.69, 9.17) is 9.47 Å².